The average molecular weight is 442 g/mol. The maximum atomic E-state index is 2.56. The maximum absolute atomic E-state index is 2.56. The number of alkyl halides is 2. The van der Waals surface area contributed by atoms with Crippen LogP contribution in [0.1, 0.15) is 38.5 Å². The van der Waals surface area contributed by atoms with Crippen molar-refractivity contribution in [2.24, 2.45) is 10.8 Å². The van der Waals surface area contributed by atoms with Gasteiger partial charge in [0, 0.05) is 8.86 Å². The Morgan fingerprint density at radius 1 is 0.688 bits per heavy atom. The Hall–Kier alpha value is 0.940. The van der Waals surface area contributed by atoms with Gasteiger partial charge < -0.3 is 0 Å². The normalized spacial score (nSPS) is 37.4. The molecule has 0 aromatic rings. The zero-order valence-corrected chi connectivity index (χ0v) is 14.0. The minimum atomic E-state index is 0.586. The van der Waals surface area contributed by atoms with E-state index in [2.05, 4.69) is 69.5 Å². The van der Waals surface area contributed by atoms with E-state index in [-0.39, 0.29) is 0 Å². The van der Waals surface area contributed by atoms with E-state index < -0.39 is 0 Å². The Morgan fingerprint density at radius 2 is 1.00 bits per heavy atom. The van der Waals surface area contributed by atoms with Crippen molar-refractivity contribution in [3.63, 3.8) is 0 Å². The van der Waals surface area contributed by atoms with Crippen molar-refractivity contribution in [2.75, 3.05) is 8.86 Å². The van der Waals surface area contributed by atoms with E-state index in [1.165, 1.54) is 47.4 Å². The number of rotatable bonds is 4. The lowest BCUT2D eigenvalue weighted by molar-refractivity contribution is 0.0197. The Balaban J connectivity index is 2.32. The van der Waals surface area contributed by atoms with Gasteiger partial charge in [-0.25, -0.2) is 0 Å². The van der Waals surface area contributed by atoms with Crippen molar-refractivity contribution in [1.82, 2.24) is 0 Å². The SMILES string of the molecule is ICCC12CC=CCC1(CCI)CC=CC2. The second-order valence-electron chi connectivity index (χ2n) is 5.20. The average Bonchev–Trinajstić information content (AvgIpc) is 2.30. The molecule has 0 nitrogen and oxygen atoms in total. The first-order valence-corrected chi connectivity index (χ1v) is 9.26. The summed E-state index contributed by atoms with van der Waals surface area (Å²) in [6.45, 7) is 0. The van der Waals surface area contributed by atoms with E-state index in [0.717, 1.165) is 0 Å². The highest BCUT2D eigenvalue weighted by Crippen LogP contribution is 2.59. The molecule has 2 aliphatic carbocycles. The van der Waals surface area contributed by atoms with Crippen LogP contribution in [-0.2, 0) is 0 Å². The molecule has 0 amide bonds. The lowest BCUT2D eigenvalue weighted by Gasteiger charge is -2.54. The summed E-state index contributed by atoms with van der Waals surface area (Å²) in [4.78, 5) is 0. The highest BCUT2D eigenvalue weighted by Gasteiger charge is 2.49. The second-order valence-corrected chi connectivity index (χ2v) is 7.36. The Morgan fingerprint density at radius 3 is 1.25 bits per heavy atom. The molecule has 2 rings (SSSR count). The molecule has 0 saturated heterocycles. The van der Waals surface area contributed by atoms with Gasteiger partial charge in [0.2, 0.25) is 0 Å². The Bertz CT molecular complexity index is 245. The van der Waals surface area contributed by atoms with Crippen LogP contribution < -0.4 is 0 Å². The van der Waals surface area contributed by atoms with Gasteiger partial charge in [-0.05, 0) is 49.4 Å². The van der Waals surface area contributed by atoms with E-state index in [1.807, 2.05) is 0 Å². The number of fused-ring (bicyclic) bond motifs is 1. The molecule has 0 aromatic heterocycles. The molecule has 2 aliphatic rings. The molecule has 2 heteroatoms. The highest BCUT2D eigenvalue weighted by atomic mass is 127. The number of allylic oxidation sites excluding steroid dienone is 4. The summed E-state index contributed by atoms with van der Waals surface area (Å²) in [5, 5.41) is 0. The van der Waals surface area contributed by atoms with Gasteiger partial charge in [-0.2, -0.15) is 0 Å². The largest absolute Gasteiger partial charge is 0.0879 e. The predicted molar refractivity (Wildman–Crippen MR) is 88.6 cm³/mol. The summed E-state index contributed by atoms with van der Waals surface area (Å²) in [6, 6.07) is 0. The molecule has 0 unspecified atom stereocenters. The molecule has 0 heterocycles. The predicted octanol–water partition coefficient (Wildman–Crippen LogP) is 5.31. The third-order valence-corrected chi connectivity index (χ3v) is 5.72. The van der Waals surface area contributed by atoms with Gasteiger partial charge in [-0.3, -0.25) is 0 Å². The van der Waals surface area contributed by atoms with Crippen molar-refractivity contribution in [2.45, 2.75) is 38.5 Å². The molecule has 0 fully saturated rings. The first-order valence-electron chi connectivity index (χ1n) is 6.21. The van der Waals surface area contributed by atoms with E-state index in [0.29, 0.717) is 10.8 Å². The third kappa shape index (κ3) is 2.25. The van der Waals surface area contributed by atoms with E-state index >= 15 is 0 Å². The van der Waals surface area contributed by atoms with Gasteiger partial charge in [0.15, 0.2) is 0 Å². The van der Waals surface area contributed by atoms with Crippen molar-refractivity contribution >= 4 is 45.2 Å². The first-order chi connectivity index (χ1) is 7.79. The zero-order chi connectivity index (χ0) is 11.5. The van der Waals surface area contributed by atoms with Crippen LogP contribution in [0.2, 0.25) is 0 Å². The van der Waals surface area contributed by atoms with Crippen LogP contribution in [0.3, 0.4) is 0 Å². The fourth-order valence-corrected chi connectivity index (χ4v) is 5.63. The van der Waals surface area contributed by atoms with E-state index in [9.17, 15) is 0 Å². The summed E-state index contributed by atoms with van der Waals surface area (Å²) in [7, 11) is 0. The zero-order valence-electron chi connectivity index (χ0n) is 9.72. The molecule has 0 atom stereocenters. The number of halogens is 2. The van der Waals surface area contributed by atoms with Crippen molar-refractivity contribution < 1.29 is 0 Å². The molecule has 0 N–H and O–H groups in total. The molecule has 90 valence electrons. The van der Waals surface area contributed by atoms with E-state index in [4.69, 9.17) is 0 Å². The summed E-state index contributed by atoms with van der Waals surface area (Å²) in [6.07, 6.45) is 17.8. The molecule has 0 aliphatic heterocycles. The molecule has 16 heavy (non-hydrogen) atoms. The maximum Gasteiger partial charge on any atom is 0.0000988 e. The van der Waals surface area contributed by atoms with Gasteiger partial charge in [0.1, 0.15) is 0 Å². The lowest BCUT2D eigenvalue weighted by Crippen LogP contribution is -2.45. The fourth-order valence-electron chi connectivity index (χ4n) is 3.57. The van der Waals surface area contributed by atoms with Crippen molar-refractivity contribution in [3.8, 4) is 0 Å². The molecule has 0 saturated carbocycles. The molecule has 0 aromatic carbocycles. The summed E-state index contributed by atoms with van der Waals surface area (Å²) in [5.74, 6) is 0. The second kappa shape index (κ2) is 5.72. The molecule has 0 spiro atoms. The standard InChI is InChI=1S/C14H20I2/c15-11-9-13-5-1-2-6-14(13,10-12-16)8-4-3-7-13/h1-4H,5-12H2. The van der Waals surface area contributed by atoms with Crippen LogP contribution in [0, 0.1) is 10.8 Å². The van der Waals surface area contributed by atoms with Crippen LogP contribution >= 0.6 is 45.2 Å². The quantitative estimate of drug-likeness (QED) is 0.315. The smallest absolute Gasteiger partial charge is 0.0000988 e. The summed E-state index contributed by atoms with van der Waals surface area (Å²) < 4.78 is 2.62. The monoisotopic (exact) mass is 442 g/mol. The minimum absolute atomic E-state index is 0.586. The summed E-state index contributed by atoms with van der Waals surface area (Å²) >= 11 is 5.12. The van der Waals surface area contributed by atoms with Gasteiger partial charge >= 0.3 is 0 Å². The van der Waals surface area contributed by atoms with Crippen LogP contribution in [0.25, 0.3) is 0 Å². The van der Waals surface area contributed by atoms with Crippen LogP contribution in [0.15, 0.2) is 24.3 Å². The van der Waals surface area contributed by atoms with Crippen LogP contribution in [0.5, 0.6) is 0 Å². The minimum Gasteiger partial charge on any atom is -0.0879 e. The first kappa shape index (κ1) is 13.4. The summed E-state index contributed by atoms with van der Waals surface area (Å²) in [5.41, 5.74) is 1.17. The third-order valence-electron chi connectivity index (χ3n) is 4.64. The van der Waals surface area contributed by atoms with Crippen LogP contribution in [0.4, 0.5) is 0 Å². The lowest BCUT2D eigenvalue weighted by atomic mass is 9.51. The van der Waals surface area contributed by atoms with Gasteiger partial charge in [0.25, 0.3) is 0 Å². The van der Waals surface area contributed by atoms with E-state index in [1.54, 1.807) is 0 Å². The van der Waals surface area contributed by atoms with Crippen molar-refractivity contribution in [1.29, 1.82) is 0 Å². The van der Waals surface area contributed by atoms with Gasteiger partial charge in [-0.15, -0.1) is 0 Å². The topological polar surface area (TPSA) is 0 Å². The van der Waals surface area contributed by atoms with Gasteiger partial charge in [0.05, 0.1) is 0 Å². The molecular formula is C14H20I2. The Labute approximate surface area is 127 Å². The molecule has 0 radical (unpaired) electrons. The van der Waals surface area contributed by atoms with Crippen molar-refractivity contribution in [3.05, 3.63) is 24.3 Å². The number of hydrogen-bond donors (Lipinski definition) is 0. The molecule has 0 bridgehead atoms. The van der Waals surface area contributed by atoms with Crippen LogP contribution in [-0.4, -0.2) is 8.86 Å². The highest BCUT2D eigenvalue weighted by molar-refractivity contribution is 14.1. The molecular weight excluding hydrogens is 422 g/mol. The number of hydrogen-bond acceptors (Lipinski definition) is 0. The fraction of sp³-hybridized carbons (Fsp3) is 0.714. The Kier molecular flexibility index (Phi) is 4.78. The van der Waals surface area contributed by atoms with Gasteiger partial charge in [-0.1, -0.05) is 69.5 Å².